The summed E-state index contributed by atoms with van der Waals surface area (Å²) in [6.07, 6.45) is 2.87. The van der Waals surface area contributed by atoms with Crippen LogP contribution in [0, 0.1) is 0 Å². The third-order valence-corrected chi connectivity index (χ3v) is 4.75. The third-order valence-electron chi connectivity index (χ3n) is 4.75. The number of amides is 3. The number of nitrogens with one attached hydrogen (secondary N) is 2. The van der Waals surface area contributed by atoms with Gasteiger partial charge in [0.05, 0.1) is 20.8 Å². The van der Waals surface area contributed by atoms with Gasteiger partial charge in [-0.15, -0.1) is 0 Å². The summed E-state index contributed by atoms with van der Waals surface area (Å²) in [5, 5.41) is 5.13. The topological polar surface area (TPSA) is 123 Å². The molecule has 0 saturated carbocycles. The van der Waals surface area contributed by atoms with Gasteiger partial charge >= 0.3 is 5.97 Å². The molecule has 0 aliphatic rings. The molecule has 0 saturated heterocycles. The van der Waals surface area contributed by atoms with Gasteiger partial charge in [-0.3, -0.25) is 14.4 Å². The summed E-state index contributed by atoms with van der Waals surface area (Å²) in [7, 11) is 4.49. The lowest BCUT2D eigenvalue weighted by Crippen LogP contribution is -2.41. The van der Waals surface area contributed by atoms with Gasteiger partial charge in [-0.25, -0.2) is 4.79 Å². The van der Waals surface area contributed by atoms with E-state index in [1.54, 1.807) is 61.7 Å². The zero-order valence-corrected chi connectivity index (χ0v) is 20.1. The maximum absolute atomic E-state index is 12.2. The average Bonchev–Trinajstić information content (AvgIpc) is 2.85. The first-order valence-electron chi connectivity index (χ1n) is 10.7. The van der Waals surface area contributed by atoms with Gasteiger partial charge in [0.25, 0.3) is 5.91 Å². The van der Waals surface area contributed by atoms with Crippen LogP contribution < -0.4 is 20.1 Å². The molecule has 0 spiro atoms. The molecule has 0 unspecified atom stereocenters. The molecule has 3 amide bonds. The Labute approximate surface area is 203 Å². The van der Waals surface area contributed by atoms with Crippen molar-refractivity contribution >= 4 is 35.5 Å². The molecule has 10 heteroatoms. The Kier molecular flexibility index (Phi) is 10.3. The van der Waals surface area contributed by atoms with Gasteiger partial charge in [-0.05, 0) is 42.8 Å². The monoisotopic (exact) mass is 483 g/mol. The number of benzene rings is 2. The van der Waals surface area contributed by atoms with Gasteiger partial charge in [-0.1, -0.05) is 18.2 Å². The number of methoxy groups -OCH3 is 2. The Morgan fingerprint density at radius 3 is 2.34 bits per heavy atom. The van der Waals surface area contributed by atoms with E-state index in [1.165, 1.54) is 27.2 Å². The maximum Gasteiger partial charge on any atom is 0.328 e. The Balaban J connectivity index is 1.74. The van der Waals surface area contributed by atoms with Crippen LogP contribution in [-0.2, 0) is 23.9 Å². The van der Waals surface area contributed by atoms with Gasteiger partial charge in [0.15, 0.2) is 6.61 Å². The number of esters is 1. The van der Waals surface area contributed by atoms with E-state index < -0.39 is 36.3 Å². The van der Waals surface area contributed by atoms with Crippen LogP contribution in [0.4, 0.5) is 5.69 Å². The summed E-state index contributed by atoms with van der Waals surface area (Å²) in [5.74, 6) is -0.999. The van der Waals surface area contributed by atoms with Crippen molar-refractivity contribution in [1.82, 2.24) is 10.2 Å². The van der Waals surface area contributed by atoms with Crippen molar-refractivity contribution < 1.29 is 33.4 Å². The van der Waals surface area contributed by atoms with E-state index in [9.17, 15) is 19.2 Å². The number of hydrogen-bond acceptors (Lipinski definition) is 7. The van der Waals surface area contributed by atoms with Crippen LogP contribution >= 0.6 is 0 Å². The fraction of sp³-hybridized carbons (Fsp3) is 0.280. The first-order chi connectivity index (χ1) is 16.7. The second-order valence-electron chi connectivity index (χ2n) is 7.47. The van der Waals surface area contributed by atoms with E-state index in [0.717, 1.165) is 10.5 Å². The highest BCUT2D eigenvalue weighted by molar-refractivity contribution is 5.96. The van der Waals surface area contributed by atoms with E-state index in [0.29, 0.717) is 17.2 Å². The molecule has 2 aromatic rings. The summed E-state index contributed by atoms with van der Waals surface area (Å²) in [5.41, 5.74) is 1.30. The highest BCUT2D eigenvalue weighted by Crippen LogP contribution is 2.16. The molecule has 10 nitrogen and oxygen atoms in total. The van der Waals surface area contributed by atoms with Gasteiger partial charge in [-0.2, -0.15) is 0 Å². The van der Waals surface area contributed by atoms with Crippen molar-refractivity contribution in [3.63, 3.8) is 0 Å². The molecule has 0 aliphatic heterocycles. The number of likely N-dealkylation sites (N-methyl/N-ethyl adjacent to an activating group) is 1. The minimum atomic E-state index is -0.975. The summed E-state index contributed by atoms with van der Waals surface area (Å²) in [6.45, 7) is 0.636. The van der Waals surface area contributed by atoms with E-state index in [1.807, 2.05) is 0 Å². The van der Waals surface area contributed by atoms with Crippen molar-refractivity contribution in [1.29, 1.82) is 0 Å². The predicted octanol–water partition coefficient (Wildman–Crippen LogP) is 1.86. The largest absolute Gasteiger partial charge is 0.497 e. The average molecular weight is 484 g/mol. The molecule has 2 aromatic carbocycles. The second-order valence-corrected chi connectivity index (χ2v) is 7.47. The minimum absolute atomic E-state index is 0.240. The highest BCUT2D eigenvalue weighted by Gasteiger charge is 2.19. The van der Waals surface area contributed by atoms with E-state index in [2.05, 4.69) is 10.6 Å². The van der Waals surface area contributed by atoms with Crippen molar-refractivity contribution in [2.45, 2.75) is 13.0 Å². The normalized spacial score (nSPS) is 11.3. The fourth-order valence-electron chi connectivity index (χ4n) is 2.78. The van der Waals surface area contributed by atoms with Crippen LogP contribution in [0.3, 0.4) is 0 Å². The van der Waals surface area contributed by atoms with Gasteiger partial charge < -0.3 is 29.7 Å². The number of rotatable bonds is 11. The number of carbonyl (C=O) groups excluding carboxylic acids is 4. The van der Waals surface area contributed by atoms with E-state index in [4.69, 9.17) is 14.2 Å². The zero-order chi connectivity index (χ0) is 25.8. The van der Waals surface area contributed by atoms with E-state index >= 15 is 0 Å². The summed E-state index contributed by atoms with van der Waals surface area (Å²) in [4.78, 5) is 49.7. The Morgan fingerprint density at radius 1 is 1.00 bits per heavy atom. The van der Waals surface area contributed by atoms with Gasteiger partial charge in [0.1, 0.15) is 17.5 Å². The molecular formula is C25H29N3O7. The number of carbonyl (C=O) groups is 4. The molecule has 0 aliphatic carbocycles. The molecule has 2 rings (SSSR count). The molecule has 0 heterocycles. The molecule has 0 radical (unpaired) electrons. The molecular weight excluding hydrogens is 454 g/mol. The van der Waals surface area contributed by atoms with Crippen LogP contribution in [0.5, 0.6) is 11.5 Å². The summed E-state index contributed by atoms with van der Waals surface area (Å²) in [6, 6.07) is 12.9. The molecule has 2 N–H and O–H groups in total. The van der Waals surface area contributed by atoms with Crippen LogP contribution in [-0.4, -0.2) is 69.1 Å². The Bertz CT molecular complexity index is 1070. The summed E-state index contributed by atoms with van der Waals surface area (Å²) >= 11 is 0. The molecule has 0 bridgehead atoms. The number of hydrogen-bond donors (Lipinski definition) is 2. The van der Waals surface area contributed by atoms with Gasteiger partial charge in [0, 0.05) is 24.9 Å². The first kappa shape index (κ1) is 26.9. The van der Waals surface area contributed by atoms with Crippen molar-refractivity contribution in [3.05, 3.63) is 60.2 Å². The zero-order valence-electron chi connectivity index (χ0n) is 20.1. The fourth-order valence-corrected chi connectivity index (χ4v) is 2.78. The molecule has 35 heavy (non-hydrogen) atoms. The third kappa shape index (κ3) is 9.20. The smallest absolute Gasteiger partial charge is 0.328 e. The quantitative estimate of drug-likeness (QED) is 0.369. The van der Waals surface area contributed by atoms with Crippen LogP contribution in [0.25, 0.3) is 6.08 Å². The second kappa shape index (κ2) is 13.4. The molecule has 0 aromatic heterocycles. The van der Waals surface area contributed by atoms with E-state index in [-0.39, 0.29) is 6.54 Å². The standard InChI is InChI=1S/C25H29N3O7/c1-17(26-22(29)13-10-18-8-11-20(33-3)12-9-18)25(32)35-16-24(31)28(2)15-23(30)27-19-6-5-7-21(14-19)34-4/h5-14,17H,15-16H2,1-4H3,(H,26,29)(H,27,30)/b13-10+/t17-/m0/s1. The maximum atomic E-state index is 12.2. The predicted molar refractivity (Wildman–Crippen MR) is 130 cm³/mol. The lowest BCUT2D eigenvalue weighted by atomic mass is 10.2. The minimum Gasteiger partial charge on any atom is -0.497 e. The lowest BCUT2D eigenvalue weighted by Gasteiger charge is -2.18. The van der Waals surface area contributed by atoms with Crippen molar-refractivity contribution in [2.24, 2.45) is 0 Å². The van der Waals surface area contributed by atoms with Crippen LogP contribution in [0.2, 0.25) is 0 Å². The van der Waals surface area contributed by atoms with Crippen LogP contribution in [0.15, 0.2) is 54.6 Å². The number of anilines is 1. The molecule has 0 fully saturated rings. The number of nitrogens with zero attached hydrogens (tertiary/aromatic N) is 1. The molecule has 1 atom stereocenters. The Hall–Kier alpha value is -4.34. The SMILES string of the molecule is COc1ccc(/C=C/C(=O)N[C@@H](C)C(=O)OCC(=O)N(C)CC(=O)Nc2cccc(OC)c2)cc1. The number of ether oxygens (including phenoxy) is 3. The van der Waals surface area contributed by atoms with Crippen LogP contribution in [0.1, 0.15) is 12.5 Å². The summed E-state index contributed by atoms with van der Waals surface area (Å²) < 4.78 is 15.1. The van der Waals surface area contributed by atoms with Crippen molar-refractivity contribution in [3.8, 4) is 11.5 Å². The lowest BCUT2D eigenvalue weighted by molar-refractivity contribution is -0.153. The first-order valence-corrected chi connectivity index (χ1v) is 10.7. The van der Waals surface area contributed by atoms with Gasteiger partial charge in [0.2, 0.25) is 11.8 Å². The van der Waals surface area contributed by atoms with Crippen molar-refractivity contribution in [2.75, 3.05) is 39.7 Å². The molecule has 186 valence electrons. The highest BCUT2D eigenvalue weighted by atomic mass is 16.5. The Morgan fingerprint density at radius 2 is 1.69 bits per heavy atom.